The Bertz CT molecular complexity index is 606. The molecule has 0 saturated carbocycles. The molecule has 1 aromatic rings. The Hall–Kier alpha value is -1.70. The van der Waals surface area contributed by atoms with Gasteiger partial charge in [-0.15, -0.1) is 0 Å². The molecule has 1 fully saturated rings. The molecule has 0 aliphatic carbocycles. The number of carbonyl (C=O) groups excluding carboxylic acids is 1. The van der Waals surface area contributed by atoms with Crippen molar-refractivity contribution in [3.63, 3.8) is 0 Å². The van der Waals surface area contributed by atoms with Gasteiger partial charge in [0.2, 0.25) is 0 Å². The molecule has 2 rings (SSSR count). The summed E-state index contributed by atoms with van der Waals surface area (Å²) in [6.07, 6.45) is -0.0671. The molecule has 7 nitrogen and oxygen atoms in total. The fourth-order valence-corrected chi connectivity index (χ4v) is 3.44. The number of methoxy groups -OCH3 is 1. The molecule has 1 amide bonds. The molecule has 3 N–H and O–H groups in total. The van der Waals surface area contributed by atoms with Gasteiger partial charge in [0.05, 0.1) is 30.5 Å². The van der Waals surface area contributed by atoms with Crippen molar-refractivity contribution in [2.45, 2.75) is 25.9 Å². The molecular formula is C18H28ClN3O4. The van der Waals surface area contributed by atoms with Crippen molar-refractivity contribution in [2.24, 2.45) is 5.73 Å². The van der Waals surface area contributed by atoms with Gasteiger partial charge in [-0.3, -0.25) is 4.90 Å². The number of ether oxygens (including phenoxy) is 2. The van der Waals surface area contributed by atoms with E-state index in [1.54, 1.807) is 7.11 Å². The van der Waals surface area contributed by atoms with Crippen LogP contribution >= 0.6 is 11.6 Å². The van der Waals surface area contributed by atoms with Crippen LogP contribution in [0.5, 0.6) is 5.75 Å². The third-order valence-corrected chi connectivity index (χ3v) is 4.85. The minimum Gasteiger partial charge on any atom is -0.493 e. The van der Waals surface area contributed by atoms with Crippen LogP contribution in [0.2, 0.25) is 5.02 Å². The Kier molecular flexibility index (Phi) is 7.81. The van der Waals surface area contributed by atoms with E-state index in [-0.39, 0.29) is 6.61 Å². The van der Waals surface area contributed by atoms with Crippen LogP contribution < -0.4 is 15.4 Å². The van der Waals surface area contributed by atoms with Crippen molar-refractivity contribution in [1.82, 2.24) is 4.90 Å². The van der Waals surface area contributed by atoms with Crippen molar-refractivity contribution >= 4 is 23.4 Å². The summed E-state index contributed by atoms with van der Waals surface area (Å²) in [5, 5.41) is 10.7. The minimum atomic E-state index is -0.812. The first-order valence-corrected chi connectivity index (χ1v) is 9.26. The number of rotatable bonds is 8. The monoisotopic (exact) mass is 385 g/mol. The fourth-order valence-electron chi connectivity index (χ4n) is 3.13. The zero-order valence-corrected chi connectivity index (χ0v) is 16.2. The first kappa shape index (κ1) is 20.6. The zero-order chi connectivity index (χ0) is 19.1. The second-order valence-electron chi connectivity index (χ2n) is 6.38. The molecule has 1 heterocycles. The van der Waals surface area contributed by atoms with Gasteiger partial charge < -0.3 is 25.2 Å². The average Bonchev–Trinajstić information content (AvgIpc) is 2.61. The van der Waals surface area contributed by atoms with E-state index in [0.717, 1.165) is 38.3 Å². The number of halogens is 1. The lowest BCUT2D eigenvalue weighted by Gasteiger charge is -2.37. The summed E-state index contributed by atoms with van der Waals surface area (Å²) in [5.41, 5.74) is 7.11. The first-order valence-electron chi connectivity index (χ1n) is 8.88. The predicted molar refractivity (Wildman–Crippen MR) is 102 cm³/mol. The van der Waals surface area contributed by atoms with E-state index >= 15 is 0 Å². The van der Waals surface area contributed by atoms with Crippen LogP contribution in [0.15, 0.2) is 12.1 Å². The van der Waals surface area contributed by atoms with Gasteiger partial charge in [-0.25, -0.2) is 4.79 Å². The van der Waals surface area contributed by atoms with Gasteiger partial charge in [0, 0.05) is 39.1 Å². The molecule has 8 heteroatoms. The lowest BCUT2D eigenvalue weighted by atomic mass is 10.1. The molecule has 1 aliphatic rings. The summed E-state index contributed by atoms with van der Waals surface area (Å²) in [5.74, 6) is 0.709. The Morgan fingerprint density at radius 2 is 2.04 bits per heavy atom. The lowest BCUT2D eigenvalue weighted by Crippen LogP contribution is -2.48. The second-order valence-corrected chi connectivity index (χ2v) is 6.79. The van der Waals surface area contributed by atoms with E-state index < -0.39 is 12.2 Å². The number of piperazine rings is 1. The van der Waals surface area contributed by atoms with Crippen LogP contribution in [0.4, 0.5) is 10.5 Å². The predicted octanol–water partition coefficient (Wildman–Crippen LogP) is 1.88. The topological polar surface area (TPSA) is 88.3 Å². The summed E-state index contributed by atoms with van der Waals surface area (Å²) in [7, 11) is 1.64. The molecular weight excluding hydrogens is 358 g/mol. The van der Waals surface area contributed by atoms with Gasteiger partial charge in [-0.1, -0.05) is 18.5 Å². The molecule has 1 atom stereocenters. The number of carbonyl (C=O) groups is 1. The van der Waals surface area contributed by atoms with E-state index in [0.29, 0.717) is 23.7 Å². The highest BCUT2D eigenvalue weighted by Gasteiger charge is 2.23. The molecule has 1 aliphatic heterocycles. The number of hydrogen-bond donors (Lipinski definition) is 2. The smallest absolute Gasteiger partial charge is 0.404 e. The van der Waals surface area contributed by atoms with Crippen molar-refractivity contribution in [3.8, 4) is 5.75 Å². The number of nitrogens with two attached hydrogens (primary N) is 1. The highest BCUT2D eigenvalue weighted by molar-refractivity contribution is 6.32. The van der Waals surface area contributed by atoms with Crippen LogP contribution in [-0.2, 0) is 11.2 Å². The molecule has 0 radical (unpaired) electrons. The zero-order valence-electron chi connectivity index (χ0n) is 15.4. The molecule has 1 unspecified atom stereocenters. The van der Waals surface area contributed by atoms with Crippen LogP contribution in [0.25, 0.3) is 0 Å². The third-order valence-electron chi connectivity index (χ3n) is 4.57. The Balaban J connectivity index is 1.90. The molecule has 0 spiro atoms. The van der Waals surface area contributed by atoms with Crippen LogP contribution in [0, 0.1) is 0 Å². The number of nitrogens with zero attached hydrogens (tertiary/aromatic N) is 2. The Morgan fingerprint density at radius 1 is 1.35 bits per heavy atom. The summed E-state index contributed by atoms with van der Waals surface area (Å²) in [4.78, 5) is 15.0. The van der Waals surface area contributed by atoms with Crippen LogP contribution in [0.3, 0.4) is 0 Å². The van der Waals surface area contributed by atoms with Gasteiger partial charge in [-0.2, -0.15) is 0 Å². The number of benzene rings is 1. The maximum Gasteiger partial charge on any atom is 0.404 e. The highest BCUT2D eigenvalue weighted by atomic mass is 35.5. The van der Waals surface area contributed by atoms with Crippen molar-refractivity contribution < 1.29 is 19.4 Å². The van der Waals surface area contributed by atoms with Gasteiger partial charge in [0.15, 0.2) is 5.75 Å². The SMILES string of the molecule is CCc1cc(Cl)c(OC)c(N2CCN(CC(O)CCOC(N)=O)CC2)c1. The molecule has 0 bridgehead atoms. The fraction of sp³-hybridized carbons (Fsp3) is 0.611. The third kappa shape index (κ3) is 5.65. The highest BCUT2D eigenvalue weighted by Crippen LogP contribution is 2.37. The maximum absolute atomic E-state index is 10.5. The molecule has 0 aromatic heterocycles. The number of anilines is 1. The quantitative estimate of drug-likeness (QED) is 0.710. The van der Waals surface area contributed by atoms with E-state index in [4.69, 9.17) is 22.1 Å². The number of primary amides is 1. The maximum atomic E-state index is 10.5. The number of aliphatic hydroxyl groups is 1. The van der Waals surface area contributed by atoms with E-state index in [1.807, 2.05) is 6.07 Å². The molecule has 146 valence electrons. The van der Waals surface area contributed by atoms with Gasteiger partial charge >= 0.3 is 6.09 Å². The van der Waals surface area contributed by atoms with Gasteiger partial charge in [0.1, 0.15) is 0 Å². The lowest BCUT2D eigenvalue weighted by molar-refractivity contribution is 0.0774. The summed E-state index contributed by atoms with van der Waals surface area (Å²) < 4.78 is 10.2. The van der Waals surface area contributed by atoms with Gasteiger partial charge in [-0.05, 0) is 24.1 Å². The number of amides is 1. The first-order chi connectivity index (χ1) is 12.4. The summed E-state index contributed by atoms with van der Waals surface area (Å²) in [6, 6.07) is 4.08. The Labute approximate surface area is 159 Å². The van der Waals surface area contributed by atoms with E-state index in [2.05, 4.69) is 27.5 Å². The summed E-state index contributed by atoms with van der Waals surface area (Å²) in [6.45, 7) is 6.08. The van der Waals surface area contributed by atoms with Crippen LogP contribution in [0.1, 0.15) is 18.9 Å². The van der Waals surface area contributed by atoms with Crippen LogP contribution in [-0.4, -0.2) is 68.6 Å². The Morgan fingerprint density at radius 3 is 2.62 bits per heavy atom. The molecule has 26 heavy (non-hydrogen) atoms. The standard InChI is InChI=1S/C18H28ClN3O4/c1-3-13-10-15(19)17(25-2)16(11-13)22-7-5-21(6-8-22)12-14(23)4-9-26-18(20)24/h10-11,14,23H,3-9,12H2,1-2H3,(H2,20,24). The average molecular weight is 386 g/mol. The summed E-state index contributed by atoms with van der Waals surface area (Å²) >= 11 is 6.36. The van der Waals surface area contributed by atoms with Crippen molar-refractivity contribution in [1.29, 1.82) is 0 Å². The molecule has 1 saturated heterocycles. The largest absolute Gasteiger partial charge is 0.493 e. The normalized spacial score (nSPS) is 16.4. The molecule has 1 aromatic carbocycles. The van der Waals surface area contributed by atoms with E-state index in [1.165, 1.54) is 5.56 Å². The second kappa shape index (κ2) is 9.85. The number of β-amino-alcohol motifs (C(OH)–C–C–N with tert-alkyl or cyclic N) is 1. The minimum absolute atomic E-state index is 0.135. The van der Waals surface area contributed by atoms with Gasteiger partial charge in [0.25, 0.3) is 0 Å². The van der Waals surface area contributed by atoms with Crippen molar-refractivity contribution in [2.75, 3.05) is 51.3 Å². The number of aryl methyl sites for hydroxylation is 1. The number of aliphatic hydroxyl groups excluding tert-OH is 1. The van der Waals surface area contributed by atoms with E-state index in [9.17, 15) is 9.90 Å². The number of hydrogen-bond acceptors (Lipinski definition) is 6. The van der Waals surface area contributed by atoms with Crippen molar-refractivity contribution in [3.05, 3.63) is 22.7 Å².